The minimum Gasteiger partial charge on any atom is -0.378 e. The molecule has 0 aromatic carbocycles. The fourth-order valence-electron chi connectivity index (χ4n) is 1.89. The van der Waals surface area contributed by atoms with Gasteiger partial charge in [-0.05, 0) is 19.8 Å². The highest BCUT2D eigenvalue weighted by molar-refractivity contribution is 7.17. The number of thiazole rings is 1. The molecule has 0 aliphatic carbocycles. The van der Waals surface area contributed by atoms with Crippen molar-refractivity contribution in [3.63, 3.8) is 0 Å². The topological polar surface area (TPSA) is 94.3 Å². The second-order valence-corrected chi connectivity index (χ2v) is 5.32. The molecule has 0 spiro atoms. The molecule has 1 aromatic rings. The van der Waals surface area contributed by atoms with Gasteiger partial charge in [0.25, 0.3) is 5.91 Å². The summed E-state index contributed by atoms with van der Waals surface area (Å²) in [6, 6.07) is 0. The van der Waals surface area contributed by atoms with Crippen molar-refractivity contribution in [2.75, 3.05) is 11.9 Å². The zero-order chi connectivity index (χ0) is 13.1. The van der Waals surface area contributed by atoms with Gasteiger partial charge in [0.1, 0.15) is 4.88 Å². The van der Waals surface area contributed by atoms with E-state index in [1.54, 1.807) is 0 Å². The van der Waals surface area contributed by atoms with Crippen LogP contribution in [0.1, 0.15) is 29.4 Å². The number of primary amides is 1. The summed E-state index contributed by atoms with van der Waals surface area (Å²) < 4.78 is 5.39. The van der Waals surface area contributed by atoms with Crippen LogP contribution in [0.3, 0.4) is 0 Å². The Morgan fingerprint density at radius 3 is 3.00 bits per heavy atom. The van der Waals surface area contributed by atoms with Crippen molar-refractivity contribution in [2.45, 2.75) is 25.9 Å². The molecule has 18 heavy (non-hydrogen) atoms. The number of amides is 2. The summed E-state index contributed by atoms with van der Waals surface area (Å²) in [5, 5.41) is 3.12. The number of nitrogens with two attached hydrogens (primary N) is 1. The Kier molecular flexibility index (Phi) is 3.93. The molecule has 2 amide bonds. The van der Waals surface area contributed by atoms with Crippen LogP contribution in [0, 0.1) is 5.92 Å². The van der Waals surface area contributed by atoms with Crippen LogP contribution < -0.4 is 11.1 Å². The average molecular weight is 269 g/mol. The van der Waals surface area contributed by atoms with Crippen LogP contribution in [0.4, 0.5) is 5.13 Å². The quantitative estimate of drug-likeness (QED) is 0.855. The van der Waals surface area contributed by atoms with Crippen molar-refractivity contribution in [3.05, 3.63) is 11.1 Å². The highest BCUT2D eigenvalue weighted by Gasteiger charge is 2.26. The van der Waals surface area contributed by atoms with E-state index in [4.69, 9.17) is 10.5 Å². The van der Waals surface area contributed by atoms with E-state index in [0.29, 0.717) is 29.5 Å². The number of aromatic nitrogens is 1. The fourth-order valence-corrected chi connectivity index (χ4v) is 2.56. The zero-order valence-electron chi connectivity index (χ0n) is 10.0. The van der Waals surface area contributed by atoms with Crippen molar-refractivity contribution in [3.8, 4) is 0 Å². The van der Waals surface area contributed by atoms with Gasteiger partial charge in [0.05, 0.1) is 12.3 Å². The first-order valence-electron chi connectivity index (χ1n) is 5.74. The number of hydrogen-bond acceptors (Lipinski definition) is 5. The SMILES string of the molecule is C[C@H]1C[C@@H](C(=O)Nc2ncc(C(N)=O)s2)CCO1. The molecular weight excluding hydrogens is 254 g/mol. The van der Waals surface area contributed by atoms with Crippen LogP contribution in [0.5, 0.6) is 0 Å². The van der Waals surface area contributed by atoms with Gasteiger partial charge >= 0.3 is 0 Å². The van der Waals surface area contributed by atoms with Crippen molar-refractivity contribution in [2.24, 2.45) is 11.7 Å². The van der Waals surface area contributed by atoms with E-state index in [-0.39, 0.29) is 17.9 Å². The number of carbonyl (C=O) groups excluding carboxylic acids is 2. The number of ether oxygens (including phenoxy) is 1. The van der Waals surface area contributed by atoms with E-state index < -0.39 is 5.91 Å². The fraction of sp³-hybridized carbons (Fsp3) is 0.545. The highest BCUT2D eigenvalue weighted by Crippen LogP contribution is 2.23. The number of nitrogens with zero attached hydrogens (tertiary/aromatic N) is 1. The lowest BCUT2D eigenvalue weighted by Crippen LogP contribution is -2.32. The Balaban J connectivity index is 1.95. The molecule has 1 saturated heterocycles. The molecule has 0 bridgehead atoms. The molecule has 2 heterocycles. The molecule has 1 aliphatic heterocycles. The lowest BCUT2D eigenvalue weighted by atomic mass is 9.95. The van der Waals surface area contributed by atoms with Gasteiger partial charge in [-0.15, -0.1) is 0 Å². The Bertz CT molecular complexity index is 460. The molecule has 7 heteroatoms. The van der Waals surface area contributed by atoms with Gasteiger partial charge < -0.3 is 15.8 Å². The van der Waals surface area contributed by atoms with E-state index in [1.165, 1.54) is 6.20 Å². The van der Waals surface area contributed by atoms with Crippen molar-refractivity contribution in [1.82, 2.24) is 4.98 Å². The molecule has 1 fully saturated rings. The van der Waals surface area contributed by atoms with E-state index in [1.807, 2.05) is 6.92 Å². The van der Waals surface area contributed by atoms with Gasteiger partial charge in [-0.25, -0.2) is 4.98 Å². The Morgan fingerprint density at radius 1 is 1.61 bits per heavy atom. The minimum absolute atomic E-state index is 0.0605. The minimum atomic E-state index is -0.535. The van der Waals surface area contributed by atoms with Crippen molar-refractivity contribution in [1.29, 1.82) is 0 Å². The zero-order valence-corrected chi connectivity index (χ0v) is 10.8. The second-order valence-electron chi connectivity index (χ2n) is 4.29. The lowest BCUT2D eigenvalue weighted by Gasteiger charge is -2.25. The maximum absolute atomic E-state index is 12.0. The van der Waals surface area contributed by atoms with Crippen LogP contribution in [0.15, 0.2) is 6.20 Å². The standard InChI is InChI=1S/C11H15N3O3S/c1-6-4-7(2-3-17-6)10(16)14-11-13-5-8(18-11)9(12)15/h5-7H,2-4H2,1H3,(H2,12,15)(H,13,14,16)/t6-,7-/m0/s1. The first-order valence-corrected chi connectivity index (χ1v) is 6.56. The van der Waals surface area contributed by atoms with E-state index in [0.717, 1.165) is 11.3 Å². The summed E-state index contributed by atoms with van der Waals surface area (Å²) in [7, 11) is 0. The van der Waals surface area contributed by atoms with Crippen LogP contribution >= 0.6 is 11.3 Å². The second kappa shape index (κ2) is 5.45. The normalized spacial score (nSPS) is 23.6. The van der Waals surface area contributed by atoms with Crippen LogP contribution in [-0.4, -0.2) is 29.5 Å². The van der Waals surface area contributed by atoms with E-state index in [9.17, 15) is 9.59 Å². The van der Waals surface area contributed by atoms with Crippen LogP contribution in [0.25, 0.3) is 0 Å². The van der Waals surface area contributed by atoms with Gasteiger partial charge in [-0.1, -0.05) is 11.3 Å². The molecule has 0 radical (unpaired) electrons. The predicted molar refractivity (Wildman–Crippen MR) is 67.4 cm³/mol. The Hall–Kier alpha value is -1.47. The van der Waals surface area contributed by atoms with Gasteiger partial charge in [0, 0.05) is 12.5 Å². The molecule has 98 valence electrons. The first kappa shape index (κ1) is 13.0. The molecule has 1 aromatic heterocycles. The highest BCUT2D eigenvalue weighted by atomic mass is 32.1. The summed E-state index contributed by atoms with van der Waals surface area (Å²) in [5.41, 5.74) is 5.12. The third-order valence-electron chi connectivity index (χ3n) is 2.83. The molecule has 0 saturated carbocycles. The lowest BCUT2D eigenvalue weighted by molar-refractivity contribution is -0.124. The van der Waals surface area contributed by atoms with Gasteiger partial charge in [0.2, 0.25) is 5.91 Å². The summed E-state index contributed by atoms with van der Waals surface area (Å²) in [6.45, 7) is 2.55. The van der Waals surface area contributed by atoms with Gasteiger partial charge in [0.15, 0.2) is 5.13 Å². The molecule has 6 nitrogen and oxygen atoms in total. The van der Waals surface area contributed by atoms with Gasteiger partial charge in [-0.2, -0.15) is 0 Å². The van der Waals surface area contributed by atoms with Crippen molar-refractivity contribution < 1.29 is 14.3 Å². The van der Waals surface area contributed by atoms with Crippen LogP contribution in [0.2, 0.25) is 0 Å². The number of nitrogens with one attached hydrogen (secondary N) is 1. The first-order chi connectivity index (χ1) is 8.56. The molecule has 2 rings (SSSR count). The smallest absolute Gasteiger partial charge is 0.260 e. The third-order valence-corrected chi connectivity index (χ3v) is 3.76. The molecule has 3 N–H and O–H groups in total. The Morgan fingerprint density at radius 2 is 2.39 bits per heavy atom. The largest absolute Gasteiger partial charge is 0.378 e. The van der Waals surface area contributed by atoms with Gasteiger partial charge in [-0.3, -0.25) is 9.59 Å². The summed E-state index contributed by atoms with van der Waals surface area (Å²) >= 11 is 1.09. The van der Waals surface area contributed by atoms with Crippen molar-refractivity contribution >= 4 is 28.3 Å². The maximum Gasteiger partial charge on any atom is 0.260 e. The predicted octanol–water partition coefficient (Wildman–Crippen LogP) is 0.996. The molecule has 1 aliphatic rings. The Labute approximate surface area is 109 Å². The van der Waals surface area contributed by atoms with E-state index in [2.05, 4.69) is 10.3 Å². The number of carbonyl (C=O) groups is 2. The van der Waals surface area contributed by atoms with Crippen LogP contribution in [-0.2, 0) is 9.53 Å². The monoisotopic (exact) mass is 269 g/mol. The third kappa shape index (κ3) is 3.05. The molecule has 2 atom stereocenters. The summed E-state index contributed by atoms with van der Waals surface area (Å²) in [6.07, 6.45) is 2.89. The maximum atomic E-state index is 12.0. The summed E-state index contributed by atoms with van der Waals surface area (Å²) in [4.78, 5) is 27.2. The number of rotatable bonds is 3. The molecule has 0 unspecified atom stereocenters. The molecular formula is C11H15N3O3S. The van der Waals surface area contributed by atoms with E-state index >= 15 is 0 Å². The number of anilines is 1. The summed E-state index contributed by atoms with van der Waals surface area (Å²) in [5.74, 6) is -0.669. The number of hydrogen-bond donors (Lipinski definition) is 2. The average Bonchev–Trinajstić information content (AvgIpc) is 2.77.